The van der Waals surface area contributed by atoms with E-state index in [2.05, 4.69) is 16.6 Å². The van der Waals surface area contributed by atoms with Crippen molar-refractivity contribution in [2.75, 3.05) is 13.1 Å². The fraction of sp³-hybridized carbons (Fsp3) is 0.444. The standard InChI is InChI=1S/C18H22ClN3O3/c1-3-16(12-5-7-13(19)8-6-12)21-18(25)20-14-9-15(10-14)22(4-2)11-17(23)24/h1,5-8,14-16H,4,9-11H2,2H3,(H,23,24)(H2,20,21,25). The third-order valence-corrected chi connectivity index (χ3v) is 4.61. The molecular formula is C18H22ClN3O3. The molecule has 2 amide bonds. The molecule has 1 saturated carbocycles. The summed E-state index contributed by atoms with van der Waals surface area (Å²) in [6.45, 7) is 2.63. The Labute approximate surface area is 152 Å². The highest BCUT2D eigenvalue weighted by Gasteiger charge is 2.34. The number of benzene rings is 1. The van der Waals surface area contributed by atoms with Crippen molar-refractivity contribution in [1.29, 1.82) is 0 Å². The first-order valence-electron chi connectivity index (χ1n) is 8.17. The van der Waals surface area contributed by atoms with Crippen LogP contribution < -0.4 is 10.6 Å². The van der Waals surface area contributed by atoms with Crippen LogP contribution in [0.4, 0.5) is 4.79 Å². The summed E-state index contributed by atoms with van der Waals surface area (Å²) in [6, 6.07) is 6.34. The number of nitrogens with zero attached hydrogens (tertiary/aromatic N) is 1. The van der Waals surface area contributed by atoms with E-state index in [4.69, 9.17) is 23.1 Å². The van der Waals surface area contributed by atoms with Gasteiger partial charge in [-0.15, -0.1) is 6.42 Å². The van der Waals surface area contributed by atoms with Crippen LogP contribution in [0.5, 0.6) is 0 Å². The van der Waals surface area contributed by atoms with Crippen LogP contribution >= 0.6 is 11.6 Å². The number of urea groups is 1. The van der Waals surface area contributed by atoms with Crippen LogP contribution in [0.3, 0.4) is 0 Å². The van der Waals surface area contributed by atoms with Crippen LogP contribution in [-0.4, -0.2) is 47.2 Å². The number of likely N-dealkylation sites (N-methyl/N-ethyl adjacent to an activating group) is 1. The molecule has 134 valence electrons. The number of amides is 2. The highest BCUT2D eigenvalue weighted by molar-refractivity contribution is 6.30. The average molecular weight is 364 g/mol. The molecule has 1 aliphatic rings. The van der Waals surface area contributed by atoms with Crippen LogP contribution in [0.15, 0.2) is 24.3 Å². The molecule has 2 rings (SSSR count). The molecule has 0 bridgehead atoms. The molecule has 1 atom stereocenters. The van der Waals surface area contributed by atoms with Gasteiger partial charge in [0.25, 0.3) is 0 Å². The summed E-state index contributed by atoms with van der Waals surface area (Å²) >= 11 is 5.85. The number of rotatable bonds is 7. The first-order valence-corrected chi connectivity index (χ1v) is 8.55. The molecule has 25 heavy (non-hydrogen) atoms. The zero-order valence-corrected chi connectivity index (χ0v) is 14.8. The molecule has 0 aliphatic heterocycles. The maximum Gasteiger partial charge on any atom is 0.317 e. The van der Waals surface area contributed by atoms with Gasteiger partial charge in [0.05, 0.1) is 6.54 Å². The van der Waals surface area contributed by atoms with Gasteiger partial charge in [-0.1, -0.05) is 36.6 Å². The Kier molecular flexibility index (Phi) is 6.68. The number of carboxylic acid groups (broad SMARTS) is 1. The van der Waals surface area contributed by atoms with Crippen LogP contribution in [0.25, 0.3) is 0 Å². The zero-order chi connectivity index (χ0) is 18.4. The molecule has 1 aliphatic carbocycles. The SMILES string of the molecule is C#CC(NC(=O)NC1CC(N(CC)CC(=O)O)C1)c1ccc(Cl)cc1. The molecule has 0 radical (unpaired) electrons. The third-order valence-electron chi connectivity index (χ3n) is 4.35. The second-order valence-electron chi connectivity index (χ2n) is 6.05. The van der Waals surface area contributed by atoms with Gasteiger partial charge in [-0.3, -0.25) is 9.69 Å². The van der Waals surface area contributed by atoms with Crippen molar-refractivity contribution in [2.24, 2.45) is 0 Å². The lowest BCUT2D eigenvalue weighted by molar-refractivity contribution is -0.139. The maximum atomic E-state index is 12.1. The second-order valence-corrected chi connectivity index (χ2v) is 6.48. The number of aliphatic carboxylic acids is 1. The van der Waals surface area contributed by atoms with Gasteiger partial charge in [-0.2, -0.15) is 0 Å². The minimum Gasteiger partial charge on any atom is -0.480 e. The maximum absolute atomic E-state index is 12.1. The number of carboxylic acids is 1. The van der Waals surface area contributed by atoms with Crippen LogP contribution in [0.2, 0.25) is 5.02 Å². The molecule has 0 spiro atoms. The molecule has 1 unspecified atom stereocenters. The zero-order valence-electron chi connectivity index (χ0n) is 14.0. The molecule has 6 nitrogen and oxygen atoms in total. The van der Waals surface area contributed by atoms with Crippen molar-refractivity contribution in [3.63, 3.8) is 0 Å². The molecule has 0 heterocycles. The summed E-state index contributed by atoms with van der Waals surface area (Å²) in [6.07, 6.45) is 6.97. The molecule has 7 heteroatoms. The van der Waals surface area contributed by atoms with E-state index in [-0.39, 0.29) is 24.7 Å². The average Bonchev–Trinajstić information content (AvgIpc) is 2.54. The smallest absolute Gasteiger partial charge is 0.317 e. The predicted molar refractivity (Wildman–Crippen MR) is 96.4 cm³/mol. The number of terminal acetylenes is 1. The normalized spacial score (nSPS) is 20.2. The van der Waals surface area contributed by atoms with E-state index in [0.29, 0.717) is 11.6 Å². The molecular weight excluding hydrogens is 342 g/mol. The van der Waals surface area contributed by atoms with Crippen molar-refractivity contribution in [2.45, 2.75) is 37.9 Å². The summed E-state index contributed by atoms with van der Waals surface area (Å²) in [7, 11) is 0. The molecule has 3 N–H and O–H groups in total. The van der Waals surface area contributed by atoms with Gasteiger partial charge < -0.3 is 15.7 Å². The Morgan fingerprint density at radius 3 is 2.56 bits per heavy atom. The Morgan fingerprint density at radius 2 is 2.04 bits per heavy atom. The Balaban J connectivity index is 1.80. The van der Waals surface area contributed by atoms with E-state index in [0.717, 1.165) is 18.4 Å². The fourth-order valence-electron chi connectivity index (χ4n) is 2.91. The van der Waals surface area contributed by atoms with E-state index < -0.39 is 12.0 Å². The van der Waals surface area contributed by atoms with E-state index in [1.54, 1.807) is 24.3 Å². The third kappa shape index (κ3) is 5.38. The minimum absolute atomic E-state index is 0.0236. The van der Waals surface area contributed by atoms with Gasteiger partial charge in [0.15, 0.2) is 0 Å². The monoisotopic (exact) mass is 363 g/mol. The van der Waals surface area contributed by atoms with E-state index in [9.17, 15) is 9.59 Å². The van der Waals surface area contributed by atoms with Crippen LogP contribution in [0, 0.1) is 12.3 Å². The van der Waals surface area contributed by atoms with Crippen molar-refractivity contribution < 1.29 is 14.7 Å². The largest absolute Gasteiger partial charge is 0.480 e. The summed E-state index contributed by atoms with van der Waals surface area (Å²) in [5, 5.41) is 15.1. The van der Waals surface area contributed by atoms with Crippen molar-refractivity contribution in [3.8, 4) is 12.3 Å². The van der Waals surface area contributed by atoms with Crippen molar-refractivity contribution in [3.05, 3.63) is 34.9 Å². The number of halogens is 1. The van der Waals surface area contributed by atoms with Gasteiger partial charge in [-0.25, -0.2) is 4.79 Å². The minimum atomic E-state index is -0.837. The first-order chi connectivity index (χ1) is 11.9. The van der Waals surface area contributed by atoms with Gasteiger partial charge >= 0.3 is 12.0 Å². The number of hydrogen-bond donors (Lipinski definition) is 3. The quantitative estimate of drug-likeness (QED) is 0.649. The second kappa shape index (κ2) is 8.75. The highest BCUT2D eigenvalue weighted by atomic mass is 35.5. The van der Waals surface area contributed by atoms with E-state index in [1.165, 1.54) is 0 Å². The van der Waals surface area contributed by atoms with Crippen LogP contribution in [0.1, 0.15) is 31.4 Å². The predicted octanol–water partition coefficient (Wildman–Crippen LogP) is 2.25. The fourth-order valence-corrected chi connectivity index (χ4v) is 3.04. The van der Waals surface area contributed by atoms with Gasteiger partial charge in [0.1, 0.15) is 6.04 Å². The highest BCUT2D eigenvalue weighted by Crippen LogP contribution is 2.25. The van der Waals surface area contributed by atoms with Crippen molar-refractivity contribution in [1.82, 2.24) is 15.5 Å². The number of carbonyl (C=O) groups is 2. The molecule has 1 aromatic rings. The van der Waals surface area contributed by atoms with Gasteiger partial charge in [0, 0.05) is 17.1 Å². The molecule has 0 aromatic heterocycles. The summed E-state index contributed by atoms with van der Waals surface area (Å²) in [4.78, 5) is 24.9. The number of hydrogen-bond acceptors (Lipinski definition) is 3. The molecule has 1 fully saturated rings. The topological polar surface area (TPSA) is 81.7 Å². The van der Waals surface area contributed by atoms with Crippen molar-refractivity contribution >= 4 is 23.6 Å². The van der Waals surface area contributed by atoms with E-state index in [1.807, 2.05) is 11.8 Å². The van der Waals surface area contributed by atoms with E-state index >= 15 is 0 Å². The molecule has 0 saturated heterocycles. The summed E-state index contributed by atoms with van der Waals surface area (Å²) < 4.78 is 0. The Hall–Kier alpha value is -2.23. The number of nitrogens with one attached hydrogen (secondary N) is 2. The lowest BCUT2D eigenvalue weighted by Gasteiger charge is -2.42. The van der Waals surface area contributed by atoms with Gasteiger partial charge in [0.2, 0.25) is 0 Å². The Morgan fingerprint density at radius 1 is 1.40 bits per heavy atom. The lowest BCUT2D eigenvalue weighted by Crippen LogP contribution is -2.56. The summed E-state index contributed by atoms with van der Waals surface area (Å²) in [5.74, 6) is 1.71. The molecule has 1 aromatic carbocycles. The van der Waals surface area contributed by atoms with Crippen LogP contribution in [-0.2, 0) is 4.79 Å². The first kappa shape index (κ1) is 19.1. The lowest BCUT2D eigenvalue weighted by atomic mass is 9.85. The summed E-state index contributed by atoms with van der Waals surface area (Å²) in [5.41, 5.74) is 0.784. The Bertz CT molecular complexity index is 651. The van der Waals surface area contributed by atoms with Gasteiger partial charge in [-0.05, 0) is 37.1 Å². The number of carbonyl (C=O) groups excluding carboxylic acids is 1.